The molecule has 2 aromatic heterocycles. The van der Waals surface area contributed by atoms with Crippen LogP contribution >= 0.6 is 11.5 Å². The van der Waals surface area contributed by atoms with Crippen molar-refractivity contribution in [1.82, 2.24) is 14.6 Å². The largest absolute Gasteiger partial charge is 0.497 e. The van der Waals surface area contributed by atoms with Crippen molar-refractivity contribution in [3.8, 4) is 17.0 Å². The maximum atomic E-state index is 12.2. The number of anilines is 1. The highest BCUT2D eigenvalue weighted by Crippen LogP contribution is 2.23. The highest BCUT2D eigenvalue weighted by Gasteiger charge is 2.12. The van der Waals surface area contributed by atoms with E-state index in [0.717, 1.165) is 17.0 Å². The lowest BCUT2D eigenvalue weighted by atomic mass is 10.1. The number of nitrogens with zero attached hydrogens (tertiary/aromatic N) is 2. The minimum Gasteiger partial charge on any atom is -0.497 e. The van der Waals surface area contributed by atoms with Crippen LogP contribution in [-0.4, -0.2) is 27.6 Å². The van der Waals surface area contributed by atoms with Gasteiger partial charge < -0.3 is 10.1 Å². The molecule has 112 valence electrons. The van der Waals surface area contributed by atoms with Crippen LogP contribution < -0.4 is 10.1 Å². The molecule has 0 spiro atoms. The maximum Gasteiger partial charge on any atom is 0.274 e. The van der Waals surface area contributed by atoms with Gasteiger partial charge in [-0.15, -0.1) is 0 Å². The number of rotatable bonds is 4. The Morgan fingerprint density at radius 3 is 2.91 bits per heavy atom. The Labute approximate surface area is 131 Å². The molecule has 0 aliphatic rings. The third-order valence-corrected chi connectivity index (χ3v) is 3.85. The summed E-state index contributed by atoms with van der Waals surface area (Å²) in [6, 6.07) is 11.0. The second-order valence-electron chi connectivity index (χ2n) is 4.69. The van der Waals surface area contributed by atoms with Crippen LogP contribution in [0.25, 0.3) is 11.3 Å². The molecule has 3 rings (SSSR count). The SMILES string of the molecule is COc1cccc(-c2cc(C(=O)Nc3cc(C)ns3)[nH]n2)c1. The fourth-order valence-corrected chi connectivity index (χ4v) is 2.63. The fourth-order valence-electron chi connectivity index (χ4n) is 1.97. The first kappa shape index (κ1) is 14.3. The minimum absolute atomic E-state index is 0.245. The second kappa shape index (κ2) is 5.98. The molecule has 1 aromatic carbocycles. The Bertz CT molecular complexity index is 809. The van der Waals surface area contributed by atoms with E-state index in [1.54, 1.807) is 13.2 Å². The Balaban J connectivity index is 1.79. The Kier molecular flexibility index (Phi) is 3.88. The van der Waals surface area contributed by atoms with E-state index in [1.165, 1.54) is 11.5 Å². The van der Waals surface area contributed by atoms with Gasteiger partial charge in [0.05, 0.1) is 18.5 Å². The summed E-state index contributed by atoms with van der Waals surface area (Å²) in [7, 11) is 1.61. The van der Waals surface area contributed by atoms with E-state index in [0.29, 0.717) is 16.4 Å². The van der Waals surface area contributed by atoms with Crippen molar-refractivity contribution in [1.29, 1.82) is 0 Å². The van der Waals surface area contributed by atoms with Crippen LogP contribution in [0, 0.1) is 6.92 Å². The molecule has 0 atom stereocenters. The van der Waals surface area contributed by atoms with Gasteiger partial charge in [-0.2, -0.15) is 9.47 Å². The van der Waals surface area contributed by atoms with Gasteiger partial charge in [-0.1, -0.05) is 12.1 Å². The molecule has 22 heavy (non-hydrogen) atoms. The number of H-pyrrole nitrogens is 1. The number of aromatic amines is 1. The summed E-state index contributed by atoms with van der Waals surface area (Å²) in [6.07, 6.45) is 0. The Hall–Kier alpha value is -2.67. The number of hydrogen-bond donors (Lipinski definition) is 2. The van der Waals surface area contributed by atoms with Gasteiger partial charge in [0.2, 0.25) is 0 Å². The van der Waals surface area contributed by atoms with Crippen molar-refractivity contribution in [3.63, 3.8) is 0 Å². The molecule has 0 saturated heterocycles. The first-order valence-corrected chi connectivity index (χ1v) is 7.37. The molecule has 2 heterocycles. The van der Waals surface area contributed by atoms with Gasteiger partial charge in [0.25, 0.3) is 5.91 Å². The molecule has 0 unspecified atom stereocenters. The van der Waals surface area contributed by atoms with Crippen LogP contribution in [0.1, 0.15) is 16.2 Å². The van der Waals surface area contributed by atoms with Gasteiger partial charge in [-0.05, 0) is 42.7 Å². The number of benzene rings is 1. The standard InChI is InChI=1S/C15H14N4O2S/c1-9-6-14(22-19-9)16-15(20)13-8-12(17-18-13)10-4-3-5-11(7-10)21-2/h3-8H,1-2H3,(H,16,20)(H,17,18). The van der Waals surface area contributed by atoms with Crippen LogP contribution in [0.5, 0.6) is 5.75 Å². The molecule has 6 nitrogen and oxygen atoms in total. The monoisotopic (exact) mass is 314 g/mol. The summed E-state index contributed by atoms with van der Waals surface area (Å²) >= 11 is 1.25. The summed E-state index contributed by atoms with van der Waals surface area (Å²) in [6.45, 7) is 1.88. The lowest BCUT2D eigenvalue weighted by Crippen LogP contribution is -2.11. The van der Waals surface area contributed by atoms with Crippen molar-refractivity contribution < 1.29 is 9.53 Å². The zero-order valence-electron chi connectivity index (χ0n) is 12.1. The zero-order chi connectivity index (χ0) is 15.5. The van der Waals surface area contributed by atoms with Gasteiger partial charge in [-0.25, -0.2) is 0 Å². The second-order valence-corrected chi connectivity index (χ2v) is 5.49. The zero-order valence-corrected chi connectivity index (χ0v) is 12.9. The minimum atomic E-state index is -0.245. The predicted octanol–water partition coefficient (Wildman–Crippen LogP) is 3.10. The Morgan fingerprint density at radius 2 is 2.18 bits per heavy atom. The van der Waals surface area contributed by atoms with Crippen LogP contribution in [0.2, 0.25) is 0 Å². The van der Waals surface area contributed by atoms with E-state index in [4.69, 9.17) is 4.74 Å². The fraction of sp³-hybridized carbons (Fsp3) is 0.133. The number of nitrogens with one attached hydrogen (secondary N) is 2. The molecule has 0 aliphatic carbocycles. The van der Waals surface area contributed by atoms with E-state index in [-0.39, 0.29) is 5.91 Å². The number of carbonyl (C=O) groups excluding carboxylic acids is 1. The number of amides is 1. The number of hydrogen-bond acceptors (Lipinski definition) is 5. The molecule has 2 N–H and O–H groups in total. The summed E-state index contributed by atoms with van der Waals surface area (Å²) in [5.41, 5.74) is 2.83. The highest BCUT2D eigenvalue weighted by atomic mass is 32.1. The molecule has 0 radical (unpaired) electrons. The lowest BCUT2D eigenvalue weighted by Gasteiger charge is -2.01. The number of aromatic nitrogens is 3. The van der Waals surface area contributed by atoms with Crippen LogP contribution in [-0.2, 0) is 0 Å². The molecule has 3 aromatic rings. The smallest absolute Gasteiger partial charge is 0.274 e. The molecule has 0 aliphatic heterocycles. The van der Waals surface area contributed by atoms with Gasteiger partial charge in [-0.3, -0.25) is 9.89 Å². The molecule has 7 heteroatoms. The molecule has 1 amide bonds. The molecular formula is C15H14N4O2S. The molecule has 0 bridgehead atoms. The number of ether oxygens (including phenoxy) is 1. The van der Waals surface area contributed by atoms with Crippen molar-refractivity contribution >= 4 is 22.4 Å². The van der Waals surface area contributed by atoms with Crippen LogP contribution in [0.4, 0.5) is 5.00 Å². The van der Waals surface area contributed by atoms with Crippen molar-refractivity contribution in [2.75, 3.05) is 12.4 Å². The molecule has 0 fully saturated rings. The van der Waals surface area contributed by atoms with E-state index in [9.17, 15) is 4.79 Å². The normalized spacial score (nSPS) is 10.5. The molecular weight excluding hydrogens is 300 g/mol. The molecule has 0 saturated carbocycles. The number of aryl methyl sites for hydroxylation is 1. The summed E-state index contributed by atoms with van der Waals surface area (Å²) in [5.74, 6) is 0.497. The van der Waals surface area contributed by atoms with Crippen molar-refractivity contribution in [2.45, 2.75) is 6.92 Å². The van der Waals surface area contributed by atoms with E-state index in [1.807, 2.05) is 37.3 Å². The van der Waals surface area contributed by atoms with Crippen LogP contribution in [0.3, 0.4) is 0 Å². The highest BCUT2D eigenvalue weighted by molar-refractivity contribution is 7.10. The summed E-state index contributed by atoms with van der Waals surface area (Å²) in [4.78, 5) is 12.2. The summed E-state index contributed by atoms with van der Waals surface area (Å²) in [5, 5.41) is 10.4. The van der Waals surface area contributed by atoms with E-state index in [2.05, 4.69) is 19.9 Å². The van der Waals surface area contributed by atoms with Gasteiger partial charge in [0, 0.05) is 5.56 Å². The van der Waals surface area contributed by atoms with Crippen molar-refractivity contribution in [2.24, 2.45) is 0 Å². The van der Waals surface area contributed by atoms with E-state index < -0.39 is 0 Å². The third kappa shape index (κ3) is 2.99. The van der Waals surface area contributed by atoms with Gasteiger partial charge in [0.15, 0.2) is 0 Å². The number of carbonyl (C=O) groups is 1. The number of methoxy groups -OCH3 is 1. The predicted molar refractivity (Wildman–Crippen MR) is 85.4 cm³/mol. The third-order valence-electron chi connectivity index (χ3n) is 3.05. The van der Waals surface area contributed by atoms with E-state index >= 15 is 0 Å². The first-order chi connectivity index (χ1) is 10.7. The average Bonchev–Trinajstić information content (AvgIpc) is 3.16. The lowest BCUT2D eigenvalue weighted by molar-refractivity contribution is 0.102. The first-order valence-electron chi connectivity index (χ1n) is 6.60. The topological polar surface area (TPSA) is 79.9 Å². The average molecular weight is 314 g/mol. The van der Waals surface area contributed by atoms with Gasteiger partial charge in [0.1, 0.15) is 16.4 Å². The van der Waals surface area contributed by atoms with Gasteiger partial charge >= 0.3 is 0 Å². The Morgan fingerprint density at radius 1 is 1.32 bits per heavy atom. The quantitative estimate of drug-likeness (QED) is 0.775. The summed E-state index contributed by atoms with van der Waals surface area (Å²) < 4.78 is 9.31. The van der Waals surface area contributed by atoms with Crippen molar-refractivity contribution in [3.05, 3.63) is 47.8 Å². The van der Waals surface area contributed by atoms with Crippen LogP contribution in [0.15, 0.2) is 36.4 Å². The maximum absolute atomic E-state index is 12.2.